The van der Waals surface area contributed by atoms with E-state index in [0.717, 1.165) is 35.1 Å². The number of methoxy groups -OCH3 is 1. The maximum Gasteiger partial charge on any atom is 0.340 e. The number of fused-ring (bicyclic) bond motifs is 1. The molecule has 34 heavy (non-hydrogen) atoms. The molecule has 1 unspecified atom stereocenters. The summed E-state index contributed by atoms with van der Waals surface area (Å²) in [6.45, 7) is 2.57. The Morgan fingerprint density at radius 3 is 2.68 bits per heavy atom. The molecule has 172 valence electrons. The summed E-state index contributed by atoms with van der Waals surface area (Å²) in [7, 11) is 1.37. The summed E-state index contributed by atoms with van der Waals surface area (Å²) in [6, 6.07) is 19.1. The Hall–Kier alpha value is -3.88. The van der Waals surface area contributed by atoms with Crippen molar-refractivity contribution in [2.45, 2.75) is 12.6 Å². The lowest BCUT2D eigenvalue weighted by Crippen LogP contribution is -2.44. The van der Waals surface area contributed by atoms with E-state index in [-0.39, 0.29) is 6.04 Å². The van der Waals surface area contributed by atoms with Gasteiger partial charge in [0.25, 0.3) is 0 Å². The number of carbonyl (C=O) groups is 2. The first-order chi connectivity index (χ1) is 16.7. The first-order valence-electron chi connectivity index (χ1n) is 11.1. The van der Waals surface area contributed by atoms with Crippen molar-refractivity contribution in [1.29, 1.82) is 0 Å². The third-order valence-corrected chi connectivity index (χ3v) is 6.02. The first kappa shape index (κ1) is 21.9. The van der Waals surface area contributed by atoms with E-state index in [4.69, 9.17) is 9.47 Å². The van der Waals surface area contributed by atoms with Crippen molar-refractivity contribution < 1.29 is 19.1 Å². The monoisotopic (exact) mass is 456 g/mol. The number of ether oxygens (including phenoxy) is 2. The summed E-state index contributed by atoms with van der Waals surface area (Å²) < 4.78 is 12.3. The number of aromatic nitrogens is 3. The quantitative estimate of drug-likeness (QED) is 0.351. The van der Waals surface area contributed by atoms with Crippen LogP contribution in [-0.2, 0) is 16.0 Å². The van der Waals surface area contributed by atoms with Crippen LogP contribution in [0.5, 0.6) is 0 Å². The van der Waals surface area contributed by atoms with Crippen LogP contribution in [0.3, 0.4) is 0 Å². The van der Waals surface area contributed by atoms with E-state index in [9.17, 15) is 9.59 Å². The maximum absolute atomic E-state index is 12.7. The fourth-order valence-electron chi connectivity index (χ4n) is 4.32. The van der Waals surface area contributed by atoms with Gasteiger partial charge in [-0.2, -0.15) is 0 Å². The van der Waals surface area contributed by atoms with Crippen molar-refractivity contribution >= 4 is 23.3 Å². The molecular formula is C26H24N4O4. The van der Waals surface area contributed by atoms with Gasteiger partial charge >= 0.3 is 5.97 Å². The smallest absolute Gasteiger partial charge is 0.340 e. The minimum atomic E-state index is -0.445. The van der Waals surface area contributed by atoms with Gasteiger partial charge in [0.2, 0.25) is 0 Å². The Balaban J connectivity index is 1.52. The highest BCUT2D eigenvalue weighted by Crippen LogP contribution is 2.30. The van der Waals surface area contributed by atoms with Crippen LogP contribution in [0.4, 0.5) is 0 Å². The number of rotatable bonds is 6. The summed E-state index contributed by atoms with van der Waals surface area (Å²) in [4.78, 5) is 24.1. The molecular weight excluding hydrogens is 432 g/mol. The first-order valence-corrected chi connectivity index (χ1v) is 11.1. The molecule has 4 aromatic rings. The molecule has 1 aliphatic rings. The van der Waals surface area contributed by atoms with Gasteiger partial charge in [-0.3, -0.25) is 4.79 Å². The molecule has 0 radical (unpaired) electrons. The van der Waals surface area contributed by atoms with Gasteiger partial charge in [0.05, 0.1) is 38.5 Å². The minimum absolute atomic E-state index is 0.0885. The lowest BCUT2D eigenvalue weighted by atomic mass is 9.96. The van der Waals surface area contributed by atoms with Crippen LogP contribution in [0.1, 0.15) is 20.7 Å². The third-order valence-electron chi connectivity index (χ3n) is 6.02. The Bertz CT molecular complexity index is 1340. The van der Waals surface area contributed by atoms with Gasteiger partial charge in [0, 0.05) is 12.1 Å². The van der Waals surface area contributed by atoms with E-state index in [1.807, 2.05) is 54.6 Å². The molecule has 8 nitrogen and oxygen atoms in total. The highest BCUT2D eigenvalue weighted by molar-refractivity contribution is 6.04. The Morgan fingerprint density at radius 2 is 1.94 bits per heavy atom. The van der Waals surface area contributed by atoms with Crippen LogP contribution in [0.2, 0.25) is 0 Å². The highest BCUT2D eigenvalue weighted by atomic mass is 16.5. The maximum atomic E-state index is 12.7. The van der Waals surface area contributed by atoms with Gasteiger partial charge in [0.1, 0.15) is 11.0 Å². The molecule has 1 aromatic heterocycles. The van der Waals surface area contributed by atoms with Gasteiger partial charge in [-0.05, 0) is 34.4 Å². The van der Waals surface area contributed by atoms with Gasteiger partial charge in [-0.1, -0.05) is 53.7 Å². The van der Waals surface area contributed by atoms with Crippen molar-refractivity contribution in [3.63, 3.8) is 0 Å². The highest BCUT2D eigenvalue weighted by Gasteiger charge is 2.21. The number of benzene rings is 3. The second-order valence-corrected chi connectivity index (χ2v) is 8.16. The number of esters is 1. The van der Waals surface area contributed by atoms with Crippen molar-refractivity contribution in [2.75, 3.05) is 26.9 Å². The zero-order valence-corrected chi connectivity index (χ0v) is 18.7. The van der Waals surface area contributed by atoms with E-state index >= 15 is 0 Å². The largest absolute Gasteiger partial charge is 0.465 e. The number of nitrogens with one attached hydrogen (secondary N) is 1. The predicted molar refractivity (Wildman–Crippen MR) is 128 cm³/mol. The zero-order chi connectivity index (χ0) is 23.5. The Morgan fingerprint density at radius 1 is 1.15 bits per heavy atom. The summed E-state index contributed by atoms with van der Waals surface area (Å²) in [5, 5.41) is 12.0. The molecule has 0 aliphatic carbocycles. The standard InChI is InChI=1S/C26H24N4O4/c1-33-26(32)23-12-20(13-24-25(23)30(29-28-24)14-21-16-34-11-10-27-21)17-6-8-18(9-7-17)22-5-3-2-4-19(22)15-31/h2-9,12-13,15,21,27H,10-11,14,16H2,1H3. The molecule has 8 heteroatoms. The summed E-state index contributed by atoms with van der Waals surface area (Å²) in [5.41, 5.74) is 5.85. The topological polar surface area (TPSA) is 95.3 Å². The van der Waals surface area contributed by atoms with Crippen molar-refractivity contribution in [3.05, 3.63) is 71.8 Å². The lowest BCUT2D eigenvalue weighted by molar-refractivity contribution is 0.0601. The van der Waals surface area contributed by atoms with Crippen LogP contribution in [0.15, 0.2) is 60.7 Å². The lowest BCUT2D eigenvalue weighted by Gasteiger charge is -2.23. The van der Waals surface area contributed by atoms with E-state index in [0.29, 0.717) is 41.9 Å². The molecule has 1 atom stereocenters. The van der Waals surface area contributed by atoms with Gasteiger partial charge in [-0.15, -0.1) is 5.10 Å². The molecule has 0 bridgehead atoms. The van der Waals surface area contributed by atoms with E-state index in [1.54, 1.807) is 10.7 Å². The molecule has 0 spiro atoms. The molecule has 1 fully saturated rings. The second-order valence-electron chi connectivity index (χ2n) is 8.16. The van der Waals surface area contributed by atoms with Gasteiger partial charge < -0.3 is 14.8 Å². The summed E-state index contributed by atoms with van der Waals surface area (Å²) in [5.74, 6) is -0.445. The number of carbonyl (C=O) groups excluding carboxylic acids is 2. The van der Waals surface area contributed by atoms with Crippen LogP contribution < -0.4 is 5.32 Å². The van der Waals surface area contributed by atoms with Crippen LogP contribution in [0, 0.1) is 0 Å². The number of aldehydes is 1. The van der Waals surface area contributed by atoms with Crippen molar-refractivity contribution in [1.82, 2.24) is 20.3 Å². The fourth-order valence-corrected chi connectivity index (χ4v) is 4.32. The normalized spacial score (nSPS) is 15.9. The van der Waals surface area contributed by atoms with Gasteiger partial charge in [-0.25, -0.2) is 9.48 Å². The number of morpholine rings is 1. The van der Waals surface area contributed by atoms with Gasteiger partial charge in [0.15, 0.2) is 6.29 Å². The van der Waals surface area contributed by atoms with Crippen LogP contribution in [0.25, 0.3) is 33.3 Å². The third kappa shape index (κ3) is 4.21. The predicted octanol–water partition coefficient (Wildman–Crippen LogP) is 3.35. The molecule has 5 rings (SSSR count). The SMILES string of the molecule is COC(=O)c1cc(-c2ccc(-c3ccccc3C=O)cc2)cc2nnn(CC3COCCN3)c12. The van der Waals surface area contributed by atoms with Crippen LogP contribution >= 0.6 is 0 Å². The van der Waals surface area contributed by atoms with Crippen LogP contribution in [-0.4, -0.2) is 60.2 Å². The van der Waals surface area contributed by atoms with Crippen molar-refractivity contribution in [3.8, 4) is 22.3 Å². The number of hydrogen-bond donors (Lipinski definition) is 1. The molecule has 0 saturated carbocycles. The molecule has 1 aliphatic heterocycles. The average Bonchev–Trinajstić information content (AvgIpc) is 3.31. The Labute approximate surface area is 196 Å². The molecule has 0 amide bonds. The number of hydrogen-bond acceptors (Lipinski definition) is 7. The van der Waals surface area contributed by atoms with Crippen molar-refractivity contribution in [2.24, 2.45) is 0 Å². The van der Waals surface area contributed by atoms with E-state index < -0.39 is 5.97 Å². The minimum Gasteiger partial charge on any atom is -0.465 e. The summed E-state index contributed by atoms with van der Waals surface area (Å²) in [6.07, 6.45) is 0.859. The average molecular weight is 457 g/mol. The van der Waals surface area contributed by atoms with E-state index in [2.05, 4.69) is 15.6 Å². The second kappa shape index (κ2) is 9.54. The molecule has 3 aromatic carbocycles. The Kier molecular flexibility index (Phi) is 6.16. The zero-order valence-electron chi connectivity index (χ0n) is 18.7. The molecule has 1 N–H and O–H groups in total. The van der Waals surface area contributed by atoms with E-state index in [1.165, 1.54) is 7.11 Å². The molecule has 2 heterocycles. The summed E-state index contributed by atoms with van der Waals surface area (Å²) >= 11 is 0. The molecule has 1 saturated heterocycles. The fraction of sp³-hybridized carbons (Fsp3) is 0.231. The number of nitrogens with zero attached hydrogens (tertiary/aromatic N) is 3.